The van der Waals surface area contributed by atoms with Gasteiger partial charge in [0, 0.05) is 19.2 Å². The van der Waals surface area contributed by atoms with E-state index in [1.54, 1.807) is 0 Å². The Morgan fingerprint density at radius 2 is 1.77 bits per heavy atom. The largest absolute Gasteiger partial charge is 2.00 e. The number of aromatic hydroxyl groups is 1. The van der Waals surface area contributed by atoms with E-state index in [4.69, 9.17) is 0 Å². The van der Waals surface area contributed by atoms with Gasteiger partial charge in [0.1, 0.15) is 11.6 Å². The van der Waals surface area contributed by atoms with Crippen LogP contribution in [0.15, 0.2) is 33.2 Å². The van der Waals surface area contributed by atoms with Gasteiger partial charge in [0.15, 0.2) is 5.69 Å². The molecule has 1 aliphatic rings. The predicted molar refractivity (Wildman–Crippen MR) is 104 cm³/mol. The summed E-state index contributed by atoms with van der Waals surface area (Å²) in [7, 11) is 1.32. The minimum absolute atomic E-state index is 0. The number of nitriles is 1. The molecule has 2 heterocycles. The zero-order chi connectivity index (χ0) is 21.5. The van der Waals surface area contributed by atoms with E-state index in [0.29, 0.717) is 12.1 Å². The molecule has 157 valence electrons. The number of benzene rings is 1. The number of hydrogen-bond acceptors (Lipinski definition) is 7. The quantitative estimate of drug-likeness (QED) is 0.429. The van der Waals surface area contributed by atoms with Crippen LogP contribution in [-0.2, 0) is 24.1 Å². The normalized spacial score (nSPS) is 13.0. The third kappa shape index (κ3) is 3.77. The van der Waals surface area contributed by atoms with Crippen LogP contribution in [0, 0.1) is 24.2 Å². The summed E-state index contributed by atoms with van der Waals surface area (Å²) in [6.07, 6.45) is 0. The molecule has 30 heavy (non-hydrogen) atoms. The molecule has 1 N–H and O–H groups in total. The maximum absolute atomic E-state index is 12.6. The SMILES string of the molecule is Cc1c(C#N)c(O)n(C)c(=O)c1N=Nc1ccc2c(c1)C(=O)N(CC(C)C)C2=O.[Cu+2]. The maximum atomic E-state index is 12.6. The molecule has 0 bridgehead atoms. The minimum atomic E-state index is -0.613. The molecule has 1 aliphatic heterocycles. The number of carbonyl (C=O) groups excluding carboxylic acids is 2. The van der Waals surface area contributed by atoms with Crippen LogP contribution in [0.25, 0.3) is 0 Å². The van der Waals surface area contributed by atoms with Gasteiger partial charge in [0.05, 0.1) is 16.8 Å². The van der Waals surface area contributed by atoms with Gasteiger partial charge < -0.3 is 5.11 Å². The van der Waals surface area contributed by atoms with Gasteiger partial charge in [-0.3, -0.25) is 23.9 Å². The van der Waals surface area contributed by atoms with Crippen molar-refractivity contribution in [1.82, 2.24) is 9.47 Å². The van der Waals surface area contributed by atoms with Crippen LogP contribution in [0.3, 0.4) is 0 Å². The number of amides is 2. The van der Waals surface area contributed by atoms with E-state index < -0.39 is 11.4 Å². The second-order valence-corrected chi connectivity index (χ2v) is 7.19. The van der Waals surface area contributed by atoms with Gasteiger partial charge in [0.2, 0.25) is 5.88 Å². The fourth-order valence-electron chi connectivity index (χ4n) is 3.10. The van der Waals surface area contributed by atoms with E-state index in [1.807, 2.05) is 19.9 Å². The number of carbonyl (C=O) groups is 2. The smallest absolute Gasteiger partial charge is 0.493 e. The third-order valence-corrected chi connectivity index (χ3v) is 4.66. The van der Waals surface area contributed by atoms with Crippen LogP contribution < -0.4 is 5.56 Å². The van der Waals surface area contributed by atoms with Crippen molar-refractivity contribution >= 4 is 23.2 Å². The van der Waals surface area contributed by atoms with Crippen molar-refractivity contribution in [2.24, 2.45) is 23.2 Å². The fourth-order valence-corrected chi connectivity index (χ4v) is 3.10. The Morgan fingerprint density at radius 3 is 2.37 bits per heavy atom. The standard InChI is InChI=1S/C20H19N5O4.Cu/c1-10(2)9-25-18(27)13-6-5-12(7-14(13)19(25)28)22-23-16-11(3)15(8-21)17(26)24(4)20(16)29;/h5-7,10,26H,9H2,1-4H3;/q;+2. The van der Waals surface area contributed by atoms with Crippen molar-refractivity contribution < 1.29 is 31.8 Å². The topological polar surface area (TPSA) is 128 Å². The first-order valence-electron chi connectivity index (χ1n) is 8.92. The molecular formula is C20H19CuN5O4+2. The maximum Gasteiger partial charge on any atom is 2.00 e. The Kier molecular flexibility index (Phi) is 6.60. The van der Waals surface area contributed by atoms with Crippen molar-refractivity contribution in [3.8, 4) is 11.9 Å². The molecule has 0 aliphatic carbocycles. The first-order chi connectivity index (χ1) is 13.7. The van der Waals surface area contributed by atoms with E-state index in [-0.39, 0.29) is 62.9 Å². The number of aromatic nitrogens is 1. The summed E-state index contributed by atoms with van der Waals surface area (Å²) in [5.74, 6) is -1.04. The van der Waals surface area contributed by atoms with Crippen molar-refractivity contribution in [2.45, 2.75) is 20.8 Å². The molecule has 1 aromatic carbocycles. The van der Waals surface area contributed by atoms with Gasteiger partial charge in [-0.15, -0.1) is 5.11 Å². The Morgan fingerprint density at radius 1 is 1.13 bits per heavy atom. The molecular weight excluding hydrogens is 438 g/mol. The van der Waals surface area contributed by atoms with Crippen molar-refractivity contribution in [2.75, 3.05) is 6.54 Å². The number of azo groups is 1. The number of imide groups is 1. The number of nitrogens with zero attached hydrogens (tertiary/aromatic N) is 5. The van der Waals surface area contributed by atoms with Crippen LogP contribution in [-0.4, -0.2) is 32.9 Å². The molecule has 0 saturated carbocycles. The van der Waals surface area contributed by atoms with E-state index in [9.17, 15) is 24.8 Å². The molecule has 0 fully saturated rings. The Bertz CT molecular complexity index is 1180. The molecule has 1 radical (unpaired) electrons. The number of fused-ring (bicyclic) bond motifs is 1. The van der Waals surface area contributed by atoms with Crippen LogP contribution in [0.1, 0.15) is 45.7 Å². The van der Waals surface area contributed by atoms with Crippen molar-refractivity contribution in [1.29, 1.82) is 5.26 Å². The van der Waals surface area contributed by atoms with Gasteiger partial charge in [-0.2, -0.15) is 10.4 Å². The molecule has 0 spiro atoms. The Labute approximate surface area is 183 Å². The van der Waals surface area contributed by atoms with Gasteiger partial charge >= 0.3 is 17.1 Å². The van der Waals surface area contributed by atoms with Gasteiger partial charge in [0.25, 0.3) is 17.4 Å². The molecule has 0 unspecified atom stereocenters. The van der Waals surface area contributed by atoms with Crippen LogP contribution in [0.5, 0.6) is 5.88 Å². The molecule has 0 saturated heterocycles. The molecule has 1 aromatic heterocycles. The summed E-state index contributed by atoms with van der Waals surface area (Å²) in [6.45, 7) is 5.64. The monoisotopic (exact) mass is 456 g/mol. The average molecular weight is 457 g/mol. The second-order valence-electron chi connectivity index (χ2n) is 7.19. The van der Waals surface area contributed by atoms with E-state index in [0.717, 1.165) is 4.57 Å². The van der Waals surface area contributed by atoms with Gasteiger partial charge in [-0.1, -0.05) is 13.8 Å². The van der Waals surface area contributed by atoms with Crippen LogP contribution >= 0.6 is 0 Å². The minimum Gasteiger partial charge on any atom is -0.493 e. The predicted octanol–water partition coefficient (Wildman–Crippen LogP) is 2.94. The van der Waals surface area contributed by atoms with Crippen molar-refractivity contribution in [3.63, 3.8) is 0 Å². The van der Waals surface area contributed by atoms with E-state index in [2.05, 4.69) is 10.2 Å². The summed E-state index contributed by atoms with van der Waals surface area (Å²) in [4.78, 5) is 38.5. The molecule has 2 amide bonds. The zero-order valence-electron chi connectivity index (χ0n) is 16.7. The molecule has 10 heteroatoms. The summed E-state index contributed by atoms with van der Waals surface area (Å²) in [6, 6.07) is 6.32. The summed E-state index contributed by atoms with van der Waals surface area (Å²) >= 11 is 0. The summed E-state index contributed by atoms with van der Waals surface area (Å²) in [5, 5.41) is 27.1. The zero-order valence-corrected chi connectivity index (χ0v) is 17.7. The molecule has 3 rings (SSSR count). The first kappa shape index (κ1) is 23.0. The first-order valence-corrected chi connectivity index (χ1v) is 8.92. The molecule has 0 atom stereocenters. The van der Waals surface area contributed by atoms with E-state index in [1.165, 1.54) is 37.1 Å². The molecule has 9 nitrogen and oxygen atoms in total. The number of rotatable bonds is 4. The number of hydrogen-bond donors (Lipinski definition) is 1. The second kappa shape index (κ2) is 8.61. The molecule has 2 aromatic rings. The average Bonchev–Trinajstić information content (AvgIpc) is 2.91. The summed E-state index contributed by atoms with van der Waals surface area (Å²) < 4.78 is 0.911. The van der Waals surface area contributed by atoms with Crippen LogP contribution in [0.4, 0.5) is 11.4 Å². The Balaban J connectivity index is 0.00000320. The van der Waals surface area contributed by atoms with Crippen molar-refractivity contribution in [3.05, 3.63) is 50.8 Å². The fraction of sp³-hybridized carbons (Fsp3) is 0.300. The summed E-state index contributed by atoms with van der Waals surface area (Å²) in [5.41, 5.74) is 0.250. The number of pyridine rings is 1. The third-order valence-electron chi connectivity index (χ3n) is 4.66. The van der Waals surface area contributed by atoms with E-state index >= 15 is 0 Å². The van der Waals surface area contributed by atoms with Gasteiger partial charge in [-0.05, 0) is 31.0 Å². The van der Waals surface area contributed by atoms with Gasteiger partial charge in [-0.25, -0.2) is 0 Å². The van der Waals surface area contributed by atoms with Crippen LogP contribution in [0.2, 0.25) is 0 Å². The Hall–Kier alpha value is -3.28.